The van der Waals surface area contributed by atoms with E-state index < -0.39 is 18.6 Å². The first-order valence-electron chi connectivity index (χ1n) is 4.73. The quantitative estimate of drug-likeness (QED) is 0.713. The van der Waals surface area contributed by atoms with Crippen LogP contribution in [-0.4, -0.2) is 24.3 Å². The molecule has 0 aliphatic heterocycles. The van der Waals surface area contributed by atoms with Crippen molar-refractivity contribution in [2.24, 2.45) is 0 Å². The van der Waals surface area contributed by atoms with E-state index in [1.807, 2.05) is 0 Å². The summed E-state index contributed by atoms with van der Waals surface area (Å²) < 4.78 is 35.2. The third-order valence-electron chi connectivity index (χ3n) is 1.41. The van der Waals surface area contributed by atoms with Gasteiger partial charge in [-0.25, -0.2) is 4.79 Å². The summed E-state index contributed by atoms with van der Waals surface area (Å²) in [6.45, 7) is 5.41. The molecule has 0 heterocycles. The Balaban J connectivity index is 3.57. The largest absolute Gasteiger partial charge is 0.389 e. The van der Waals surface area contributed by atoms with Crippen LogP contribution in [0.15, 0.2) is 0 Å². The molecule has 0 aromatic heterocycles. The second kappa shape index (κ2) is 5.23. The van der Waals surface area contributed by atoms with Gasteiger partial charge in [0.2, 0.25) is 0 Å². The molecule has 0 atom stereocenters. The van der Waals surface area contributed by atoms with Crippen molar-refractivity contribution in [3.05, 3.63) is 0 Å². The fourth-order valence-corrected chi connectivity index (χ4v) is 0.876. The number of hydrogen-bond acceptors (Lipinski definition) is 1. The summed E-state index contributed by atoms with van der Waals surface area (Å²) in [5.74, 6) is 0. The van der Waals surface area contributed by atoms with Gasteiger partial charge >= 0.3 is 12.2 Å². The highest BCUT2D eigenvalue weighted by molar-refractivity contribution is 5.74. The van der Waals surface area contributed by atoms with Crippen LogP contribution >= 0.6 is 0 Å². The van der Waals surface area contributed by atoms with E-state index in [4.69, 9.17) is 0 Å². The summed E-state index contributed by atoms with van der Waals surface area (Å²) in [6, 6.07) is -0.440. The Morgan fingerprint density at radius 2 is 1.73 bits per heavy atom. The van der Waals surface area contributed by atoms with E-state index >= 15 is 0 Å². The second-order valence-corrected chi connectivity index (χ2v) is 4.35. The van der Waals surface area contributed by atoms with E-state index in [1.54, 1.807) is 20.8 Å². The van der Waals surface area contributed by atoms with Crippen LogP contribution in [0.5, 0.6) is 0 Å². The predicted molar refractivity (Wildman–Crippen MR) is 51.6 cm³/mol. The van der Waals surface area contributed by atoms with Crippen molar-refractivity contribution in [2.45, 2.75) is 45.3 Å². The molecule has 0 aliphatic rings. The zero-order valence-electron chi connectivity index (χ0n) is 9.16. The Morgan fingerprint density at radius 1 is 1.20 bits per heavy atom. The molecule has 2 N–H and O–H groups in total. The number of carbonyl (C=O) groups excluding carboxylic acids is 1. The average Bonchev–Trinajstić information content (AvgIpc) is 1.92. The lowest BCUT2D eigenvalue weighted by Crippen LogP contribution is -2.46. The van der Waals surface area contributed by atoms with Crippen molar-refractivity contribution in [3.63, 3.8) is 0 Å². The molecule has 0 spiro atoms. The minimum atomic E-state index is -4.15. The Morgan fingerprint density at radius 3 is 2.13 bits per heavy atom. The van der Waals surface area contributed by atoms with E-state index in [-0.39, 0.29) is 18.5 Å². The molecular formula is C9H17F3N2O. The number of halogens is 3. The van der Waals surface area contributed by atoms with Gasteiger partial charge in [0.25, 0.3) is 0 Å². The molecule has 90 valence electrons. The van der Waals surface area contributed by atoms with Crippen LogP contribution < -0.4 is 10.6 Å². The molecule has 0 aliphatic carbocycles. The maximum Gasteiger partial charge on any atom is 0.389 e. The number of carbonyl (C=O) groups is 1. The summed E-state index contributed by atoms with van der Waals surface area (Å²) in [4.78, 5) is 11.1. The molecule has 0 rings (SSSR count). The first-order valence-corrected chi connectivity index (χ1v) is 4.73. The molecule has 0 aromatic rings. The SMILES string of the molecule is CC(C)(C)NC(=O)NCCCC(F)(F)F. The van der Waals surface area contributed by atoms with Gasteiger partial charge in [-0.1, -0.05) is 0 Å². The van der Waals surface area contributed by atoms with Crippen LogP contribution in [0, 0.1) is 0 Å². The number of urea groups is 1. The van der Waals surface area contributed by atoms with Crippen molar-refractivity contribution >= 4 is 6.03 Å². The maximum absolute atomic E-state index is 11.7. The fraction of sp³-hybridized carbons (Fsp3) is 0.889. The molecule has 0 radical (unpaired) electrons. The van der Waals surface area contributed by atoms with Crippen molar-refractivity contribution < 1.29 is 18.0 Å². The normalized spacial score (nSPS) is 12.4. The van der Waals surface area contributed by atoms with E-state index in [1.165, 1.54) is 0 Å². The molecular weight excluding hydrogens is 209 g/mol. The number of amides is 2. The molecule has 0 bridgehead atoms. The Hall–Kier alpha value is -0.940. The standard InChI is InChI=1S/C9H17F3N2O/c1-8(2,3)14-7(15)13-6-4-5-9(10,11)12/h4-6H2,1-3H3,(H2,13,14,15). The molecule has 3 nitrogen and oxygen atoms in total. The lowest BCUT2D eigenvalue weighted by atomic mass is 10.1. The average molecular weight is 226 g/mol. The Labute approximate surface area is 87.4 Å². The molecule has 2 amide bonds. The zero-order valence-corrected chi connectivity index (χ0v) is 9.16. The Kier molecular flexibility index (Phi) is 4.90. The van der Waals surface area contributed by atoms with Crippen molar-refractivity contribution in [2.75, 3.05) is 6.54 Å². The molecule has 0 aromatic carbocycles. The minimum Gasteiger partial charge on any atom is -0.338 e. The molecule has 0 saturated heterocycles. The van der Waals surface area contributed by atoms with Gasteiger partial charge in [-0.15, -0.1) is 0 Å². The van der Waals surface area contributed by atoms with Gasteiger partial charge in [0, 0.05) is 18.5 Å². The van der Waals surface area contributed by atoms with Crippen LogP contribution in [0.4, 0.5) is 18.0 Å². The summed E-state index contributed by atoms with van der Waals surface area (Å²) in [7, 11) is 0. The number of hydrogen-bond donors (Lipinski definition) is 2. The van der Waals surface area contributed by atoms with Crippen LogP contribution in [0.3, 0.4) is 0 Å². The Bertz CT molecular complexity index is 208. The predicted octanol–water partition coefficient (Wildman–Crippen LogP) is 2.43. The highest BCUT2D eigenvalue weighted by Crippen LogP contribution is 2.20. The summed E-state index contributed by atoms with van der Waals surface area (Å²) >= 11 is 0. The number of alkyl halides is 3. The first-order chi connectivity index (χ1) is 6.60. The van der Waals surface area contributed by atoms with E-state index in [9.17, 15) is 18.0 Å². The third-order valence-corrected chi connectivity index (χ3v) is 1.41. The number of rotatable bonds is 3. The van der Waals surface area contributed by atoms with Gasteiger partial charge in [-0.3, -0.25) is 0 Å². The third kappa shape index (κ3) is 11.0. The lowest BCUT2D eigenvalue weighted by molar-refractivity contribution is -0.135. The molecule has 0 fully saturated rings. The minimum absolute atomic E-state index is 0.0292. The fourth-order valence-electron chi connectivity index (χ4n) is 0.876. The monoisotopic (exact) mass is 226 g/mol. The van der Waals surface area contributed by atoms with Gasteiger partial charge < -0.3 is 10.6 Å². The highest BCUT2D eigenvalue weighted by Gasteiger charge is 2.26. The maximum atomic E-state index is 11.7. The zero-order chi connectivity index (χ0) is 12.1. The van der Waals surface area contributed by atoms with Crippen LogP contribution in [-0.2, 0) is 0 Å². The smallest absolute Gasteiger partial charge is 0.338 e. The van der Waals surface area contributed by atoms with Crippen LogP contribution in [0.1, 0.15) is 33.6 Å². The summed E-state index contributed by atoms with van der Waals surface area (Å²) in [5.41, 5.74) is -0.381. The number of nitrogens with one attached hydrogen (secondary N) is 2. The van der Waals surface area contributed by atoms with Gasteiger partial charge in [-0.2, -0.15) is 13.2 Å². The van der Waals surface area contributed by atoms with Crippen molar-refractivity contribution in [1.82, 2.24) is 10.6 Å². The lowest BCUT2D eigenvalue weighted by Gasteiger charge is -2.20. The molecule has 0 saturated carbocycles. The molecule has 6 heteroatoms. The highest BCUT2D eigenvalue weighted by atomic mass is 19.4. The van der Waals surface area contributed by atoms with Gasteiger partial charge in [0.1, 0.15) is 0 Å². The van der Waals surface area contributed by atoms with Crippen LogP contribution in [0.2, 0.25) is 0 Å². The van der Waals surface area contributed by atoms with Crippen LogP contribution in [0.25, 0.3) is 0 Å². The molecule has 15 heavy (non-hydrogen) atoms. The molecule has 0 unspecified atom stereocenters. The summed E-state index contributed by atoms with van der Waals surface area (Å²) in [5, 5.41) is 4.95. The van der Waals surface area contributed by atoms with Gasteiger partial charge in [-0.05, 0) is 27.2 Å². The van der Waals surface area contributed by atoms with Crippen molar-refractivity contribution in [1.29, 1.82) is 0 Å². The van der Waals surface area contributed by atoms with E-state index in [0.29, 0.717) is 0 Å². The van der Waals surface area contributed by atoms with E-state index in [0.717, 1.165) is 0 Å². The summed E-state index contributed by atoms with van der Waals surface area (Å²) in [6.07, 6.45) is -5.12. The second-order valence-electron chi connectivity index (χ2n) is 4.35. The van der Waals surface area contributed by atoms with E-state index in [2.05, 4.69) is 10.6 Å². The van der Waals surface area contributed by atoms with Gasteiger partial charge in [0.05, 0.1) is 0 Å². The van der Waals surface area contributed by atoms with Crippen molar-refractivity contribution in [3.8, 4) is 0 Å². The first kappa shape index (κ1) is 14.1. The topological polar surface area (TPSA) is 41.1 Å². The van der Waals surface area contributed by atoms with Gasteiger partial charge in [0.15, 0.2) is 0 Å².